The molecule has 1 fully saturated rings. The fourth-order valence-electron chi connectivity index (χ4n) is 3.11. The molecule has 0 radical (unpaired) electrons. The van der Waals surface area contributed by atoms with Crippen LogP contribution in [0.1, 0.15) is 28.8 Å². The number of carbonyl (C=O) groups is 2. The van der Waals surface area contributed by atoms with E-state index in [1.807, 2.05) is 30.3 Å². The zero-order valence-electron chi connectivity index (χ0n) is 14.2. The van der Waals surface area contributed by atoms with E-state index in [0.29, 0.717) is 41.5 Å². The summed E-state index contributed by atoms with van der Waals surface area (Å²) < 4.78 is 0. The summed E-state index contributed by atoms with van der Waals surface area (Å²) >= 11 is 12.1. The van der Waals surface area contributed by atoms with Gasteiger partial charge in [-0.3, -0.25) is 9.59 Å². The molecule has 0 saturated carbocycles. The Bertz CT molecular complexity index is 825. The van der Waals surface area contributed by atoms with Crippen molar-refractivity contribution >= 4 is 41.0 Å². The van der Waals surface area contributed by atoms with Crippen molar-refractivity contribution in [3.05, 3.63) is 75.8 Å². The summed E-state index contributed by atoms with van der Waals surface area (Å²) in [5.41, 5.74) is 1.45. The molecule has 3 rings (SSSR count). The smallest absolute Gasteiger partial charge is 0.246 e. The highest BCUT2D eigenvalue weighted by Crippen LogP contribution is 2.24. The Morgan fingerprint density at radius 3 is 2.38 bits per heavy atom. The van der Waals surface area contributed by atoms with Crippen molar-refractivity contribution in [1.29, 1.82) is 0 Å². The van der Waals surface area contributed by atoms with Crippen LogP contribution in [0.4, 0.5) is 0 Å². The van der Waals surface area contributed by atoms with E-state index in [1.165, 1.54) is 6.08 Å². The van der Waals surface area contributed by atoms with Gasteiger partial charge in [-0.25, -0.2) is 0 Å². The van der Waals surface area contributed by atoms with Crippen LogP contribution in [-0.4, -0.2) is 29.7 Å². The molecule has 0 spiro atoms. The molecule has 0 aromatic heterocycles. The first-order chi connectivity index (χ1) is 12.5. The van der Waals surface area contributed by atoms with Gasteiger partial charge in [0.2, 0.25) is 5.91 Å². The molecule has 1 heterocycles. The summed E-state index contributed by atoms with van der Waals surface area (Å²) in [4.78, 5) is 26.7. The van der Waals surface area contributed by atoms with Gasteiger partial charge in [-0.05, 0) is 42.7 Å². The van der Waals surface area contributed by atoms with Gasteiger partial charge < -0.3 is 4.90 Å². The molecule has 0 atom stereocenters. The zero-order chi connectivity index (χ0) is 18.5. The molecule has 2 aromatic carbocycles. The number of rotatable bonds is 4. The second-order valence-electron chi connectivity index (χ2n) is 6.33. The number of nitrogens with zero attached hydrogens (tertiary/aromatic N) is 1. The van der Waals surface area contributed by atoms with Crippen molar-refractivity contribution in [2.45, 2.75) is 12.8 Å². The first-order valence-electron chi connectivity index (χ1n) is 8.56. The van der Waals surface area contributed by atoms with Crippen LogP contribution in [-0.2, 0) is 4.79 Å². The third kappa shape index (κ3) is 4.54. The Balaban J connectivity index is 1.57. The number of amides is 1. The molecule has 5 heteroatoms. The summed E-state index contributed by atoms with van der Waals surface area (Å²) in [6.07, 6.45) is 4.56. The van der Waals surface area contributed by atoms with Crippen LogP contribution in [0.5, 0.6) is 0 Å². The lowest BCUT2D eigenvalue weighted by atomic mass is 9.89. The predicted octanol–water partition coefficient (Wildman–Crippen LogP) is 5.13. The summed E-state index contributed by atoms with van der Waals surface area (Å²) in [7, 11) is 0. The van der Waals surface area contributed by atoms with Gasteiger partial charge in [0, 0.05) is 40.7 Å². The van der Waals surface area contributed by atoms with Crippen molar-refractivity contribution in [3.8, 4) is 0 Å². The number of piperidine rings is 1. The molecule has 134 valence electrons. The van der Waals surface area contributed by atoms with E-state index >= 15 is 0 Å². The standard InChI is InChI=1S/C21H19Cl2NO2/c22-18-7-8-19(23)17(14-18)6-9-20(25)24-12-10-16(11-13-24)21(26)15-4-2-1-3-5-15/h1-9,14,16H,10-13H2/b9-6+. The minimum absolute atomic E-state index is 0.0206. The summed E-state index contributed by atoms with van der Waals surface area (Å²) in [5.74, 6) is 0.0680. The van der Waals surface area contributed by atoms with Crippen molar-refractivity contribution in [1.82, 2.24) is 4.90 Å². The van der Waals surface area contributed by atoms with E-state index < -0.39 is 0 Å². The number of hydrogen-bond acceptors (Lipinski definition) is 2. The number of carbonyl (C=O) groups excluding carboxylic acids is 2. The van der Waals surface area contributed by atoms with Crippen LogP contribution in [0.2, 0.25) is 10.0 Å². The highest BCUT2D eigenvalue weighted by molar-refractivity contribution is 6.34. The third-order valence-electron chi connectivity index (χ3n) is 4.60. The molecule has 1 aliphatic heterocycles. The number of halogens is 2. The Labute approximate surface area is 163 Å². The number of Topliss-reactive ketones (excluding diaryl/α,β-unsaturated/α-hetero) is 1. The van der Waals surface area contributed by atoms with Gasteiger partial charge >= 0.3 is 0 Å². The summed E-state index contributed by atoms with van der Waals surface area (Å²) in [6, 6.07) is 14.5. The number of hydrogen-bond donors (Lipinski definition) is 0. The Hall–Kier alpha value is -2.10. The molecular weight excluding hydrogens is 369 g/mol. The lowest BCUT2D eigenvalue weighted by Gasteiger charge is -2.30. The van der Waals surface area contributed by atoms with Gasteiger partial charge in [-0.15, -0.1) is 0 Å². The SMILES string of the molecule is O=C(c1ccccc1)C1CCN(C(=O)/C=C/c2cc(Cl)ccc2Cl)CC1. The van der Waals surface area contributed by atoms with Gasteiger partial charge in [0.1, 0.15) is 0 Å². The minimum atomic E-state index is -0.0772. The van der Waals surface area contributed by atoms with Crippen molar-refractivity contribution in [2.75, 3.05) is 13.1 Å². The van der Waals surface area contributed by atoms with Crippen LogP contribution in [0.3, 0.4) is 0 Å². The zero-order valence-corrected chi connectivity index (χ0v) is 15.7. The van der Waals surface area contributed by atoms with E-state index in [9.17, 15) is 9.59 Å². The lowest BCUT2D eigenvalue weighted by molar-refractivity contribution is -0.127. The van der Waals surface area contributed by atoms with Crippen LogP contribution < -0.4 is 0 Å². The van der Waals surface area contributed by atoms with Crippen molar-refractivity contribution < 1.29 is 9.59 Å². The molecule has 1 amide bonds. The highest BCUT2D eigenvalue weighted by atomic mass is 35.5. The number of likely N-dealkylation sites (tertiary alicyclic amines) is 1. The van der Waals surface area contributed by atoms with E-state index in [-0.39, 0.29) is 17.6 Å². The monoisotopic (exact) mass is 387 g/mol. The second-order valence-corrected chi connectivity index (χ2v) is 7.17. The molecule has 3 nitrogen and oxygen atoms in total. The number of benzene rings is 2. The highest BCUT2D eigenvalue weighted by Gasteiger charge is 2.27. The maximum Gasteiger partial charge on any atom is 0.246 e. The Morgan fingerprint density at radius 1 is 1.00 bits per heavy atom. The van der Waals surface area contributed by atoms with Gasteiger partial charge in [0.05, 0.1) is 0 Å². The fourth-order valence-corrected chi connectivity index (χ4v) is 3.47. The van der Waals surface area contributed by atoms with Gasteiger partial charge in [-0.2, -0.15) is 0 Å². The molecule has 0 aliphatic carbocycles. The van der Waals surface area contributed by atoms with Crippen LogP contribution in [0, 0.1) is 5.92 Å². The van der Waals surface area contributed by atoms with E-state index in [2.05, 4.69) is 0 Å². The molecule has 0 N–H and O–H groups in total. The average Bonchev–Trinajstić information content (AvgIpc) is 2.68. The maximum absolute atomic E-state index is 12.5. The van der Waals surface area contributed by atoms with Gasteiger partial charge in [0.15, 0.2) is 5.78 Å². The molecule has 1 saturated heterocycles. The van der Waals surface area contributed by atoms with E-state index in [0.717, 1.165) is 5.56 Å². The fraction of sp³-hybridized carbons (Fsp3) is 0.238. The minimum Gasteiger partial charge on any atom is -0.339 e. The average molecular weight is 388 g/mol. The number of ketones is 1. The first-order valence-corrected chi connectivity index (χ1v) is 9.31. The van der Waals surface area contributed by atoms with Crippen LogP contribution >= 0.6 is 23.2 Å². The predicted molar refractivity (Wildman–Crippen MR) is 106 cm³/mol. The van der Waals surface area contributed by atoms with E-state index in [1.54, 1.807) is 29.2 Å². The molecule has 0 bridgehead atoms. The van der Waals surface area contributed by atoms with Gasteiger partial charge in [0.25, 0.3) is 0 Å². The largest absolute Gasteiger partial charge is 0.339 e. The van der Waals surface area contributed by atoms with Crippen LogP contribution in [0.25, 0.3) is 6.08 Å². The van der Waals surface area contributed by atoms with Crippen LogP contribution in [0.15, 0.2) is 54.6 Å². The van der Waals surface area contributed by atoms with E-state index in [4.69, 9.17) is 23.2 Å². The van der Waals surface area contributed by atoms with Crippen molar-refractivity contribution in [3.63, 3.8) is 0 Å². The normalized spacial score (nSPS) is 15.4. The molecule has 1 aliphatic rings. The third-order valence-corrected chi connectivity index (χ3v) is 5.18. The Kier molecular flexibility index (Phi) is 6.12. The first kappa shape index (κ1) is 18.7. The quantitative estimate of drug-likeness (QED) is 0.538. The molecule has 0 unspecified atom stereocenters. The molecular formula is C21H19Cl2NO2. The summed E-state index contributed by atoms with van der Waals surface area (Å²) in [6.45, 7) is 1.16. The lowest BCUT2D eigenvalue weighted by Crippen LogP contribution is -2.39. The topological polar surface area (TPSA) is 37.4 Å². The maximum atomic E-state index is 12.5. The summed E-state index contributed by atoms with van der Waals surface area (Å²) in [5, 5.41) is 1.12. The van der Waals surface area contributed by atoms with Gasteiger partial charge in [-0.1, -0.05) is 53.5 Å². The van der Waals surface area contributed by atoms with Crippen molar-refractivity contribution in [2.24, 2.45) is 5.92 Å². The molecule has 26 heavy (non-hydrogen) atoms. The molecule has 2 aromatic rings. The Morgan fingerprint density at radius 2 is 1.69 bits per heavy atom. The second kappa shape index (κ2) is 8.52.